The molecule has 32 heavy (non-hydrogen) atoms. The molecular weight excluding hydrogens is 410 g/mol. The molecule has 8 heteroatoms. The highest BCUT2D eigenvalue weighted by atomic mass is 16.5. The van der Waals surface area contributed by atoms with Gasteiger partial charge in [-0.2, -0.15) is 0 Å². The number of fused-ring (bicyclic) bond motifs is 4. The largest absolute Gasteiger partial charge is 0.489 e. The minimum atomic E-state index is -0.154. The summed E-state index contributed by atoms with van der Waals surface area (Å²) in [6.45, 7) is 8.93. The van der Waals surface area contributed by atoms with E-state index in [2.05, 4.69) is 16.4 Å². The lowest BCUT2D eigenvalue weighted by Crippen LogP contribution is -2.40. The van der Waals surface area contributed by atoms with Crippen molar-refractivity contribution < 1.29 is 23.7 Å². The maximum absolute atomic E-state index is 11.7. The number of hydrogen-bond donors (Lipinski definition) is 0. The van der Waals surface area contributed by atoms with E-state index < -0.39 is 0 Å². The third-order valence-corrected chi connectivity index (χ3v) is 5.96. The van der Waals surface area contributed by atoms with Crippen LogP contribution in [0.15, 0.2) is 29.3 Å². The van der Waals surface area contributed by atoms with E-state index in [0.29, 0.717) is 32.0 Å². The topological polar surface area (TPSA) is 72.6 Å². The first-order valence-corrected chi connectivity index (χ1v) is 11.3. The molecule has 2 aromatic carbocycles. The molecule has 0 saturated carbocycles. The van der Waals surface area contributed by atoms with Crippen LogP contribution in [0.25, 0.3) is 0 Å². The quantitative estimate of drug-likeness (QED) is 0.434. The Labute approximate surface area is 186 Å². The maximum Gasteiger partial charge on any atom is 0.306 e. The van der Waals surface area contributed by atoms with Gasteiger partial charge in [0.05, 0.1) is 31.3 Å². The molecular formula is C24H28N3O5+. The summed E-state index contributed by atoms with van der Waals surface area (Å²) in [5.41, 5.74) is 1.80. The minimum Gasteiger partial charge on any atom is -0.489 e. The zero-order valence-corrected chi connectivity index (χ0v) is 18.6. The predicted molar refractivity (Wildman–Crippen MR) is 119 cm³/mol. The Hall–Kier alpha value is -3.29. The van der Waals surface area contributed by atoms with Gasteiger partial charge in [-0.3, -0.25) is 4.79 Å². The van der Waals surface area contributed by atoms with Crippen LogP contribution >= 0.6 is 0 Å². The number of esters is 1. The molecule has 168 valence electrons. The minimum absolute atomic E-state index is 0.154. The Morgan fingerprint density at radius 1 is 1.09 bits per heavy atom. The van der Waals surface area contributed by atoms with Crippen LogP contribution in [-0.4, -0.2) is 52.0 Å². The van der Waals surface area contributed by atoms with Crippen molar-refractivity contribution in [1.82, 2.24) is 4.58 Å². The van der Waals surface area contributed by atoms with Crippen LogP contribution in [0.4, 0.5) is 11.4 Å². The number of anilines is 1. The second kappa shape index (κ2) is 8.68. The zero-order valence-electron chi connectivity index (χ0n) is 18.6. The molecule has 0 amide bonds. The fourth-order valence-electron chi connectivity index (χ4n) is 4.37. The first-order chi connectivity index (χ1) is 15.7. The van der Waals surface area contributed by atoms with Gasteiger partial charge in [0.15, 0.2) is 23.8 Å². The number of carbonyl (C=O) groups excluding carboxylic acids is 1. The van der Waals surface area contributed by atoms with Gasteiger partial charge in [0.25, 0.3) is 0 Å². The third-order valence-electron chi connectivity index (χ3n) is 5.96. The molecule has 0 saturated heterocycles. The zero-order chi connectivity index (χ0) is 22.1. The average Bonchev–Trinajstić information content (AvgIpc) is 2.80. The highest BCUT2D eigenvalue weighted by molar-refractivity contribution is 5.72. The van der Waals surface area contributed by atoms with Crippen molar-refractivity contribution in [3.63, 3.8) is 0 Å². The number of likely N-dealkylation sites (N-methyl/N-ethyl adjacent to an activating group) is 1. The molecule has 0 aliphatic carbocycles. The first-order valence-electron chi connectivity index (χ1n) is 11.3. The number of ether oxygens (including phenoxy) is 4. The molecule has 3 aliphatic heterocycles. The van der Waals surface area contributed by atoms with Crippen molar-refractivity contribution in [2.24, 2.45) is 4.99 Å². The molecule has 0 aromatic heterocycles. The number of benzene rings is 2. The summed E-state index contributed by atoms with van der Waals surface area (Å²) in [4.78, 5) is 18.8. The van der Waals surface area contributed by atoms with Gasteiger partial charge < -0.3 is 23.8 Å². The van der Waals surface area contributed by atoms with Crippen LogP contribution < -0.4 is 34.4 Å². The van der Waals surface area contributed by atoms with Crippen LogP contribution in [0, 0.1) is 0 Å². The van der Waals surface area contributed by atoms with Crippen molar-refractivity contribution in [3.05, 3.63) is 35.0 Å². The summed E-state index contributed by atoms with van der Waals surface area (Å²) in [6, 6.07) is 7.90. The average molecular weight is 439 g/mol. The Bertz CT molecular complexity index is 1180. The fourth-order valence-corrected chi connectivity index (χ4v) is 4.37. The molecule has 3 aliphatic rings. The summed E-state index contributed by atoms with van der Waals surface area (Å²) in [5, 5.41) is 1.71. The van der Waals surface area contributed by atoms with Crippen molar-refractivity contribution in [3.8, 4) is 23.0 Å². The molecule has 0 fully saturated rings. The van der Waals surface area contributed by atoms with Gasteiger partial charge in [0.2, 0.25) is 5.36 Å². The van der Waals surface area contributed by atoms with Crippen LogP contribution in [-0.2, 0) is 9.53 Å². The highest BCUT2D eigenvalue weighted by Gasteiger charge is 2.25. The fraction of sp³-hybridized carbons (Fsp3) is 0.458. The number of carbonyl (C=O) groups is 1. The van der Waals surface area contributed by atoms with Gasteiger partial charge in [0, 0.05) is 31.2 Å². The van der Waals surface area contributed by atoms with E-state index >= 15 is 0 Å². The molecule has 0 bridgehead atoms. The molecule has 0 radical (unpaired) electrons. The predicted octanol–water partition coefficient (Wildman–Crippen LogP) is 2.19. The van der Waals surface area contributed by atoms with Gasteiger partial charge in [-0.05, 0) is 13.8 Å². The second-order valence-electron chi connectivity index (χ2n) is 7.96. The molecule has 5 rings (SSSR count). The van der Waals surface area contributed by atoms with Crippen molar-refractivity contribution in [1.29, 1.82) is 0 Å². The van der Waals surface area contributed by atoms with Crippen LogP contribution in [0.2, 0.25) is 0 Å². The molecule has 0 unspecified atom stereocenters. The lowest BCUT2D eigenvalue weighted by molar-refractivity contribution is -0.143. The molecule has 0 N–H and O–H groups in total. The van der Waals surface area contributed by atoms with Gasteiger partial charge in [-0.15, -0.1) is 0 Å². The summed E-state index contributed by atoms with van der Waals surface area (Å²) in [6.07, 6.45) is 1.13. The van der Waals surface area contributed by atoms with Crippen molar-refractivity contribution in [2.75, 3.05) is 50.9 Å². The van der Waals surface area contributed by atoms with Gasteiger partial charge in [-0.1, -0.05) is 0 Å². The van der Waals surface area contributed by atoms with Crippen LogP contribution in [0.3, 0.4) is 0 Å². The Balaban J connectivity index is 1.48. The van der Waals surface area contributed by atoms with E-state index in [1.54, 1.807) is 0 Å². The van der Waals surface area contributed by atoms with E-state index in [9.17, 15) is 4.79 Å². The van der Waals surface area contributed by atoms with E-state index in [4.69, 9.17) is 23.9 Å². The molecule has 2 aromatic rings. The van der Waals surface area contributed by atoms with E-state index in [1.165, 1.54) is 0 Å². The summed E-state index contributed by atoms with van der Waals surface area (Å²) < 4.78 is 25.3. The Morgan fingerprint density at radius 2 is 1.97 bits per heavy atom. The summed E-state index contributed by atoms with van der Waals surface area (Å²) in [7, 11) is 0. The van der Waals surface area contributed by atoms with Gasteiger partial charge in [0.1, 0.15) is 36.6 Å². The molecule has 8 nitrogen and oxygen atoms in total. The number of rotatable bonds is 6. The second-order valence-corrected chi connectivity index (χ2v) is 7.96. The van der Waals surface area contributed by atoms with Gasteiger partial charge in [-0.25, -0.2) is 9.57 Å². The highest BCUT2D eigenvalue weighted by Crippen LogP contribution is 2.44. The number of nitrogens with zero attached hydrogens (tertiary/aromatic N) is 3. The van der Waals surface area contributed by atoms with E-state index in [1.807, 2.05) is 31.2 Å². The maximum atomic E-state index is 11.7. The Kier molecular flexibility index (Phi) is 5.59. The van der Waals surface area contributed by atoms with Crippen molar-refractivity contribution >= 4 is 17.3 Å². The normalized spacial score (nSPS) is 15.7. The molecule has 3 heterocycles. The Morgan fingerprint density at radius 3 is 2.81 bits per heavy atom. The summed E-state index contributed by atoms with van der Waals surface area (Å²) in [5.74, 6) is 2.91. The number of hydrogen-bond acceptors (Lipinski definition) is 7. The van der Waals surface area contributed by atoms with Crippen LogP contribution in [0.5, 0.6) is 23.0 Å². The van der Waals surface area contributed by atoms with Gasteiger partial charge >= 0.3 is 5.97 Å². The molecule has 0 spiro atoms. The smallest absolute Gasteiger partial charge is 0.306 e. The summed E-state index contributed by atoms with van der Waals surface area (Å²) >= 11 is 0. The lowest BCUT2D eigenvalue weighted by Gasteiger charge is -2.31. The van der Waals surface area contributed by atoms with E-state index in [0.717, 1.165) is 71.9 Å². The standard InChI is InChI=1S/C24H28N3O5/c1-3-26-8-10-30-22-12-16-20(14-18(22)26)32-21-15-19-23(13-17(21)25-16)31-11-9-27(19)7-5-6-24(28)29-4-2/h12-15H,3-11H2,1-2H3/q+1. The lowest BCUT2D eigenvalue weighted by atomic mass is 10.1. The van der Waals surface area contributed by atoms with E-state index in [-0.39, 0.29) is 5.97 Å². The molecule has 0 atom stereocenters. The van der Waals surface area contributed by atoms with Crippen LogP contribution in [0.1, 0.15) is 26.7 Å². The van der Waals surface area contributed by atoms with Crippen molar-refractivity contribution in [2.45, 2.75) is 26.7 Å². The SMILES string of the molecule is CCOC(=O)CCC[N+]1=c2cc3c(cc2OCC1)=Nc1cc2c(cc1O3)N(CC)CCO2. The third kappa shape index (κ3) is 3.85. The monoisotopic (exact) mass is 438 g/mol. The first kappa shape index (κ1) is 20.6.